The molecule has 0 bridgehead atoms. The van der Waals surface area contributed by atoms with Crippen LogP contribution in [0.2, 0.25) is 0 Å². The molecule has 1 aromatic carbocycles. The Bertz CT molecular complexity index is 353. The van der Waals surface area contributed by atoms with Gasteiger partial charge in [0.1, 0.15) is 5.75 Å². The zero-order chi connectivity index (χ0) is 12.0. The minimum Gasteiger partial charge on any atom is -0.496 e. The number of hydrogen-bond acceptors (Lipinski definition) is 3. The lowest BCUT2D eigenvalue weighted by Gasteiger charge is -2.12. The highest BCUT2D eigenvalue weighted by Gasteiger charge is 2.09. The summed E-state index contributed by atoms with van der Waals surface area (Å²) in [6.07, 6.45) is 0.314. The van der Waals surface area contributed by atoms with Crippen molar-refractivity contribution in [3.8, 4) is 5.75 Å². The highest BCUT2D eigenvalue weighted by atomic mass is 16.5. The van der Waals surface area contributed by atoms with E-state index < -0.39 is 0 Å². The van der Waals surface area contributed by atoms with Crippen molar-refractivity contribution in [2.24, 2.45) is 5.73 Å². The van der Waals surface area contributed by atoms with E-state index in [1.54, 1.807) is 7.11 Å². The third-order valence-corrected chi connectivity index (χ3v) is 2.30. The van der Waals surface area contributed by atoms with Crippen molar-refractivity contribution in [1.29, 1.82) is 0 Å². The van der Waals surface area contributed by atoms with E-state index in [0.717, 1.165) is 11.3 Å². The first-order valence-electron chi connectivity index (χ1n) is 5.28. The van der Waals surface area contributed by atoms with Crippen molar-refractivity contribution in [2.75, 3.05) is 13.7 Å². The van der Waals surface area contributed by atoms with Crippen LogP contribution in [0.5, 0.6) is 5.75 Å². The maximum absolute atomic E-state index is 11.6. The fourth-order valence-electron chi connectivity index (χ4n) is 1.41. The average Bonchev–Trinajstić information content (AvgIpc) is 2.29. The number of rotatable bonds is 5. The second-order valence-corrected chi connectivity index (χ2v) is 3.69. The van der Waals surface area contributed by atoms with Gasteiger partial charge in [-0.25, -0.2) is 0 Å². The standard InChI is InChI=1S/C12H18N2O2/c1-9(8-13)14-12(15)7-10-5-3-4-6-11(10)16-2/h3-6,9H,7-8,13H2,1-2H3,(H,14,15). The van der Waals surface area contributed by atoms with E-state index in [4.69, 9.17) is 10.5 Å². The molecule has 0 aromatic heterocycles. The quantitative estimate of drug-likeness (QED) is 0.771. The smallest absolute Gasteiger partial charge is 0.224 e. The lowest BCUT2D eigenvalue weighted by atomic mass is 10.1. The molecule has 0 spiro atoms. The Morgan fingerprint density at radius 2 is 2.19 bits per heavy atom. The summed E-state index contributed by atoms with van der Waals surface area (Å²) in [5, 5.41) is 2.81. The first-order chi connectivity index (χ1) is 7.67. The highest BCUT2D eigenvalue weighted by Crippen LogP contribution is 2.17. The summed E-state index contributed by atoms with van der Waals surface area (Å²) >= 11 is 0. The third-order valence-electron chi connectivity index (χ3n) is 2.30. The normalized spacial score (nSPS) is 11.9. The van der Waals surface area contributed by atoms with Crippen LogP contribution in [0.25, 0.3) is 0 Å². The van der Waals surface area contributed by atoms with Crippen LogP contribution in [0.15, 0.2) is 24.3 Å². The fraction of sp³-hybridized carbons (Fsp3) is 0.417. The van der Waals surface area contributed by atoms with Gasteiger partial charge >= 0.3 is 0 Å². The predicted octanol–water partition coefficient (Wildman–Crippen LogP) is 0.701. The van der Waals surface area contributed by atoms with Crippen LogP contribution in [0.4, 0.5) is 0 Å². The van der Waals surface area contributed by atoms with E-state index in [2.05, 4.69) is 5.32 Å². The number of methoxy groups -OCH3 is 1. The molecule has 0 fully saturated rings. The van der Waals surface area contributed by atoms with Gasteiger partial charge in [0.2, 0.25) is 5.91 Å². The average molecular weight is 222 g/mol. The van der Waals surface area contributed by atoms with Crippen molar-refractivity contribution >= 4 is 5.91 Å². The number of carbonyl (C=O) groups is 1. The topological polar surface area (TPSA) is 64.3 Å². The van der Waals surface area contributed by atoms with Gasteiger partial charge in [-0.1, -0.05) is 18.2 Å². The minimum atomic E-state index is -0.0394. The van der Waals surface area contributed by atoms with Crippen LogP contribution in [0.1, 0.15) is 12.5 Å². The van der Waals surface area contributed by atoms with Gasteiger partial charge < -0.3 is 15.8 Å². The van der Waals surface area contributed by atoms with E-state index >= 15 is 0 Å². The summed E-state index contributed by atoms with van der Waals surface area (Å²) in [4.78, 5) is 11.6. The van der Waals surface area contributed by atoms with Gasteiger partial charge in [-0.15, -0.1) is 0 Å². The Kier molecular flexibility index (Phi) is 4.79. The molecule has 4 heteroatoms. The molecule has 0 heterocycles. The molecular weight excluding hydrogens is 204 g/mol. The monoisotopic (exact) mass is 222 g/mol. The van der Waals surface area contributed by atoms with E-state index in [-0.39, 0.29) is 11.9 Å². The minimum absolute atomic E-state index is 0.00204. The molecule has 88 valence electrons. The van der Waals surface area contributed by atoms with Crippen LogP contribution in [0, 0.1) is 0 Å². The maximum atomic E-state index is 11.6. The zero-order valence-electron chi connectivity index (χ0n) is 9.69. The molecule has 16 heavy (non-hydrogen) atoms. The second-order valence-electron chi connectivity index (χ2n) is 3.69. The van der Waals surface area contributed by atoms with Crippen molar-refractivity contribution in [2.45, 2.75) is 19.4 Å². The van der Waals surface area contributed by atoms with Crippen LogP contribution in [-0.4, -0.2) is 25.6 Å². The van der Waals surface area contributed by atoms with E-state index in [1.807, 2.05) is 31.2 Å². The molecule has 1 amide bonds. The van der Waals surface area contributed by atoms with Crippen LogP contribution in [0.3, 0.4) is 0 Å². The Morgan fingerprint density at radius 3 is 2.81 bits per heavy atom. The van der Waals surface area contributed by atoms with Gasteiger partial charge in [-0.05, 0) is 13.0 Å². The molecule has 1 unspecified atom stereocenters. The van der Waals surface area contributed by atoms with Crippen LogP contribution in [-0.2, 0) is 11.2 Å². The number of hydrogen-bond donors (Lipinski definition) is 2. The number of para-hydroxylation sites is 1. The molecule has 1 atom stereocenters. The molecule has 0 saturated carbocycles. The second kappa shape index (κ2) is 6.12. The summed E-state index contributed by atoms with van der Waals surface area (Å²) in [5.74, 6) is 0.695. The largest absolute Gasteiger partial charge is 0.496 e. The Morgan fingerprint density at radius 1 is 1.50 bits per heavy atom. The fourth-order valence-corrected chi connectivity index (χ4v) is 1.41. The van der Waals surface area contributed by atoms with E-state index in [9.17, 15) is 4.79 Å². The molecule has 0 radical (unpaired) electrons. The summed E-state index contributed by atoms with van der Waals surface area (Å²) in [6.45, 7) is 2.32. The molecule has 1 rings (SSSR count). The molecule has 4 nitrogen and oxygen atoms in total. The van der Waals surface area contributed by atoms with Crippen LogP contribution < -0.4 is 15.8 Å². The van der Waals surface area contributed by atoms with Gasteiger partial charge in [-0.3, -0.25) is 4.79 Å². The summed E-state index contributed by atoms with van der Waals surface area (Å²) < 4.78 is 5.17. The lowest BCUT2D eigenvalue weighted by Crippen LogP contribution is -2.38. The first-order valence-corrected chi connectivity index (χ1v) is 5.28. The highest BCUT2D eigenvalue weighted by molar-refractivity contribution is 5.79. The Hall–Kier alpha value is -1.55. The third kappa shape index (κ3) is 3.55. The number of nitrogens with two attached hydrogens (primary N) is 1. The molecule has 0 saturated heterocycles. The first kappa shape index (κ1) is 12.5. The van der Waals surface area contributed by atoms with Gasteiger partial charge in [0.05, 0.1) is 13.5 Å². The summed E-state index contributed by atoms with van der Waals surface area (Å²) in [7, 11) is 1.60. The van der Waals surface area contributed by atoms with Gasteiger partial charge in [-0.2, -0.15) is 0 Å². The van der Waals surface area contributed by atoms with Crippen LogP contribution >= 0.6 is 0 Å². The lowest BCUT2D eigenvalue weighted by molar-refractivity contribution is -0.121. The van der Waals surface area contributed by atoms with Crippen molar-refractivity contribution in [1.82, 2.24) is 5.32 Å². The molecule has 0 aliphatic rings. The Labute approximate surface area is 95.8 Å². The number of carbonyl (C=O) groups excluding carboxylic acids is 1. The number of benzene rings is 1. The van der Waals surface area contributed by atoms with Gasteiger partial charge in [0, 0.05) is 18.2 Å². The van der Waals surface area contributed by atoms with E-state index in [1.165, 1.54) is 0 Å². The van der Waals surface area contributed by atoms with E-state index in [0.29, 0.717) is 13.0 Å². The summed E-state index contributed by atoms with van der Waals surface area (Å²) in [5.41, 5.74) is 6.31. The number of ether oxygens (including phenoxy) is 1. The molecule has 0 aliphatic carbocycles. The maximum Gasteiger partial charge on any atom is 0.224 e. The number of amides is 1. The molecule has 3 N–H and O–H groups in total. The van der Waals surface area contributed by atoms with Crippen molar-refractivity contribution < 1.29 is 9.53 Å². The Balaban J connectivity index is 2.62. The number of nitrogens with one attached hydrogen (secondary N) is 1. The van der Waals surface area contributed by atoms with Crippen molar-refractivity contribution in [3.63, 3.8) is 0 Å². The van der Waals surface area contributed by atoms with Gasteiger partial charge in [0.25, 0.3) is 0 Å². The molecular formula is C12H18N2O2. The van der Waals surface area contributed by atoms with Gasteiger partial charge in [0.15, 0.2) is 0 Å². The zero-order valence-corrected chi connectivity index (χ0v) is 9.69. The molecule has 1 aromatic rings. The summed E-state index contributed by atoms with van der Waals surface area (Å²) in [6, 6.07) is 7.49. The predicted molar refractivity (Wildman–Crippen MR) is 63.4 cm³/mol. The SMILES string of the molecule is COc1ccccc1CC(=O)NC(C)CN. The van der Waals surface area contributed by atoms with Crippen molar-refractivity contribution in [3.05, 3.63) is 29.8 Å². The molecule has 0 aliphatic heterocycles.